The molecule has 0 saturated heterocycles. The molecule has 0 amide bonds. The van der Waals surface area contributed by atoms with E-state index in [0.29, 0.717) is 19.3 Å². The SMILES string of the molecule is CC1(C)CC(=O)C(C)(Cc2ccccc2)C(=O)C1. The van der Waals surface area contributed by atoms with Crippen LogP contribution in [0.1, 0.15) is 39.2 Å². The first-order chi connectivity index (χ1) is 8.33. The average Bonchev–Trinajstić information content (AvgIpc) is 2.27. The molecule has 2 heteroatoms. The van der Waals surface area contributed by atoms with E-state index in [4.69, 9.17) is 0 Å². The number of carbonyl (C=O) groups excluding carboxylic acids is 2. The summed E-state index contributed by atoms with van der Waals surface area (Å²) in [6, 6.07) is 9.79. The molecule has 2 nitrogen and oxygen atoms in total. The highest BCUT2D eigenvalue weighted by molar-refractivity contribution is 6.09. The first-order valence-electron chi connectivity index (χ1n) is 6.44. The van der Waals surface area contributed by atoms with E-state index in [1.54, 1.807) is 6.92 Å². The quantitative estimate of drug-likeness (QED) is 0.749. The van der Waals surface area contributed by atoms with Crippen LogP contribution in [0, 0.1) is 10.8 Å². The van der Waals surface area contributed by atoms with Crippen molar-refractivity contribution in [1.29, 1.82) is 0 Å². The molecule has 1 aliphatic carbocycles. The molecule has 0 N–H and O–H groups in total. The van der Waals surface area contributed by atoms with Crippen molar-refractivity contribution in [3.63, 3.8) is 0 Å². The predicted molar refractivity (Wildman–Crippen MR) is 71.3 cm³/mol. The minimum Gasteiger partial charge on any atom is -0.299 e. The third-order valence-electron chi connectivity index (χ3n) is 3.91. The van der Waals surface area contributed by atoms with Crippen LogP contribution in [0.5, 0.6) is 0 Å². The van der Waals surface area contributed by atoms with E-state index in [9.17, 15) is 9.59 Å². The normalized spacial score (nSPS) is 21.9. The molecule has 1 aliphatic rings. The van der Waals surface area contributed by atoms with Gasteiger partial charge in [0, 0.05) is 12.8 Å². The van der Waals surface area contributed by atoms with Crippen LogP contribution in [-0.2, 0) is 16.0 Å². The molecule has 0 spiro atoms. The topological polar surface area (TPSA) is 34.1 Å². The van der Waals surface area contributed by atoms with Crippen molar-refractivity contribution in [3.05, 3.63) is 35.9 Å². The lowest BCUT2D eigenvalue weighted by Gasteiger charge is -2.38. The highest BCUT2D eigenvalue weighted by Gasteiger charge is 2.48. The highest BCUT2D eigenvalue weighted by atomic mass is 16.2. The van der Waals surface area contributed by atoms with E-state index in [1.807, 2.05) is 44.2 Å². The molecule has 0 radical (unpaired) electrons. The molecular formula is C16H20O2. The second kappa shape index (κ2) is 4.34. The van der Waals surface area contributed by atoms with Gasteiger partial charge in [-0.1, -0.05) is 44.2 Å². The second-order valence-corrected chi connectivity index (χ2v) is 6.36. The van der Waals surface area contributed by atoms with Gasteiger partial charge in [0.15, 0.2) is 0 Å². The molecule has 0 unspecified atom stereocenters. The van der Waals surface area contributed by atoms with Gasteiger partial charge in [0.25, 0.3) is 0 Å². The van der Waals surface area contributed by atoms with Crippen molar-refractivity contribution in [2.24, 2.45) is 10.8 Å². The summed E-state index contributed by atoms with van der Waals surface area (Å²) < 4.78 is 0. The Morgan fingerprint density at radius 1 is 0.944 bits per heavy atom. The Morgan fingerprint density at radius 3 is 1.94 bits per heavy atom. The Hall–Kier alpha value is -1.44. The zero-order valence-electron chi connectivity index (χ0n) is 11.3. The fraction of sp³-hybridized carbons (Fsp3) is 0.500. The molecule has 0 atom stereocenters. The first kappa shape index (κ1) is 13.0. The van der Waals surface area contributed by atoms with Gasteiger partial charge in [-0.25, -0.2) is 0 Å². The van der Waals surface area contributed by atoms with Crippen LogP contribution in [0.15, 0.2) is 30.3 Å². The zero-order chi connectivity index (χ0) is 13.4. The van der Waals surface area contributed by atoms with Crippen molar-refractivity contribution in [2.45, 2.75) is 40.0 Å². The second-order valence-electron chi connectivity index (χ2n) is 6.36. The van der Waals surface area contributed by atoms with E-state index in [2.05, 4.69) is 0 Å². The number of rotatable bonds is 2. The maximum absolute atomic E-state index is 12.3. The van der Waals surface area contributed by atoms with Crippen LogP contribution in [0.2, 0.25) is 0 Å². The molecule has 0 aromatic heterocycles. The van der Waals surface area contributed by atoms with E-state index in [0.717, 1.165) is 5.56 Å². The van der Waals surface area contributed by atoms with Gasteiger partial charge in [0.1, 0.15) is 11.6 Å². The average molecular weight is 244 g/mol. The van der Waals surface area contributed by atoms with Crippen LogP contribution in [0.3, 0.4) is 0 Å². The van der Waals surface area contributed by atoms with Crippen LogP contribution in [0.4, 0.5) is 0 Å². The van der Waals surface area contributed by atoms with Gasteiger partial charge in [-0.05, 0) is 24.3 Å². The van der Waals surface area contributed by atoms with Crippen molar-refractivity contribution < 1.29 is 9.59 Å². The van der Waals surface area contributed by atoms with Gasteiger partial charge in [-0.3, -0.25) is 9.59 Å². The maximum atomic E-state index is 12.3. The first-order valence-corrected chi connectivity index (χ1v) is 6.44. The van der Waals surface area contributed by atoms with E-state index < -0.39 is 5.41 Å². The van der Waals surface area contributed by atoms with Crippen LogP contribution in [0.25, 0.3) is 0 Å². The molecule has 0 heterocycles. The van der Waals surface area contributed by atoms with Crippen LogP contribution in [-0.4, -0.2) is 11.6 Å². The minimum absolute atomic E-state index is 0.0904. The minimum atomic E-state index is -0.823. The molecular weight excluding hydrogens is 224 g/mol. The molecule has 1 aromatic rings. The van der Waals surface area contributed by atoms with E-state index in [1.165, 1.54) is 0 Å². The third-order valence-corrected chi connectivity index (χ3v) is 3.91. The summed E-state index contributed by atoms with van der Waals surface area (Å²) in [7, 11) is 0. The van der Waals surface area contributed by atoms with Crippen molar-refractivity contribution >= 4 is 11.6 Å². The summed E-state index contributed by atoms with van der Waals surface area (Å²) in [6.45, 7) is 5.79. The van der Waals surface area contributed by atoms with Gasteiger partial charge >= 0.3 is 0 Å². The zero-order valence-corrected chi connectivity index (χ0v) is 11.3. The third kappa shape index (κ3) is 2.38. The van der Waals surface area contributed by atoms with Gasteiger partial charge in [0.2, 0.25) is 0 Å². The smallest absolute Gasteiger partial charge is 0.147 e. The van der Waals surface area contributed by atoms with Crippen molar-refractivity contribution in [2.75, 3.05) is 0 Å². The Labute approximate surface area is 108 Å². The largest absolute Gasteiger partial charge is 0.299 e. The lowest BCUT2D eigenvalue weighted by atomic mass is 9.62. The van der Waals surface area contributed by atoms with Crippen LogP contribution < -0.4 is 0 Å². The molecule has 96 valence electrons. The summed E-state index contributed by atoms with van der Waals surface area (Å²) in [6.07, 6.45) is 1.53. The fourth-order valence-corrected chi connectivity index (χ4v) is 2.68. The number of ketones is 2. The van der Waals surface area contributed by atoms with Crippen molar-refractivity contribution in [1.82, 2.24) is 0 Å². The molecule has 0 bridgehead atoms. The maximum Gasteiger partial charge on any atom is 0.147 e. The monoisotopic (exact) mass is 244 g/mol. The lowest BCUT2D eigenvalue weighted by molar-refractivity contribution is -0.147. The Morgan fingerprint density at radius 2 is 1.44 bits per heavy atom. The van der Waals surface area contributed by atoms with Gasteiger partial charge < -0.3 is 0 Å². The van der Waals surface area contributed by atoms with E-state index in [-0.39, 0.29) is 17.0 Å². The number of carbonyl (C=O) groups is 2. The Kier molecular flexibility index (Phi) is 3.14. The summed E-state index contributed by atoms with van der Waals surface area (Å²) in [5.41, 5.74) is 0.0581. The van der Waals surface area contributed by atoms with Crippen LogP contribution >= 0.6 is 0 Å². The van der Waals surface area contributed by atoms with Crippen molar-refractivity contribution in [3.8, 4) is 0 Å². The number of benzene rings is 1. The Balaban J connectivity index is 2.25. The van der Waals surface area contributed by atoms with Gasteiger partial charge in [-0.15, -0.1) is 0 Å². The molecule has 1 aromatic carbocycles. The molecule has 2 rings (SSSR count). The number of Topliss-reactive ketones (excluding diaryl/α,β-unsaturated/α-hetero) is 2. The molecule has 18 heavy (non-hydrogen) atoms. The summed E-state index contributed by atoms with van der Waals surface area (Å²) >= 11 is 0. The van der Waals surface area contributed by atoms with Gasteiger partial charge in [0.05, 0.1) is 5.41 Å². The lowest BCUT2D eigenvalue weighted by Crippen LogP contribution is -2.47. The highest BCUT2D eigenvalue weighted by Crippen LogP contribution is 2.41. The predicted octanol–water partition coefficient (Wildman–Crippen LogP) is 3.19. The number of hydrogen-bond acceptors (Lipinski definition) is 2. The molecule has 1 saturated carbocycles. The van der Waals surface area contributed by atoms with Gasteiger partial charge in [-0.2, -0.15) is 0 Å². The van der Waals surface area contributed by atoms with E-state index >= 15 is 0 Å². The fourth-order valence-electron chi connectivity index (χ4n) is 2.68. The number of hydrogen-bond donors (Lipinski definition) is 0. The standard InChI is InChI=1S/C16H20O2/c1-15(2)10-13(17)16(3,14(18)11-15)9-12-7-5-4-6-8-12/h4-8H,9-11H2,1-3H3. The summed E-state index contributed by atoms with van der Waals surface area (Å²) in [5, 5.41) is 0. The Bertz CT molecular complexity index is 451. The summed E-state index contributed by atoms with van der Waals surface area (Å²) in [4.78, 5) is 24.7. The molecule has 1 fully saturated rings. The summed E-state index contributed by atoms with van der Waals surface area (Å²) in [5.74, 6) is 0.181. The molecule has 0 aliphatic heterocycles.